The van der Waals surface area contributed by atoms with Gasteiger partial charge in [-0.3, -0.25) is 9.55 Å². The summed E-state index contributed by atoms with van der Waals surface area (Å²) in [4.78, 5) is 22.2. The number of imidazole rings is 1. The number of rotatable bonds is 7. The molecule has 0 bridgehead atoms. The van der Waals surface area contributed by atoms with E-state index in [9.17, 15) is 5.11 Å². The van der Waals surface area contributed by atoms with Gasteiger partial charge in [0.25, 0.3) is 0 Å². The topological polar surface area (TPSA) is 114 Å². The molecule has 0 amide bonds. The van der Waals surface area contributed by atoms with Crippen molar-refractivity contribution in [2.75, 3.05) is 17.2 Å². The first-order valence-corrected chi connectivity index (χ1v) is 10.5. The van der Waals surface area contributed by atoms with E-state index in [1.54, 1.807) is 48.4 Å². The smallest absolute Gasteiger partial charge is 0.232 e. The Balaban J connectivity index is 1.47. The summed E-state index contributed by atoms with van der Waals surface area (Å²) in [5, 5.41) is 20.0. The number of nitrogens with zero attached hydrogens (tertiary/aromatic N) is 6. The highest BCUT2D eigenvalue weighted by Crippen LogP contribution is 2.25. The van der Waals surface area contributed by atoms with E-state index < -0.39 is 0 Å². The Morgan fingerprint density at radius 1 is 1.03 bits per heavy atom. The third-order valence-electron chi connectivity index (χ3n) is 4.63. The van der Waals surface area contributed by atoms with E-state index in [1.807, 2.05) is 33.5 Å². The maximum absolute atomic E-state index is 9.45. The minimum absolute atomic E-state index is 0.257. The van der Waals surface area contributed by atoms with Crippen LogP contribution in [0.4, 0.5) is 17.6 Å². The zero-order valence-corrected chi connectivity index (χ0v) is 17.1. The SMILES string of the molecule is Oc1ccc(CCNc2nc(Nc3cnccn3)nc3c2ncn3-c2ccsc2)cc1. The van der Waals surface area contributed by atoms with Gasteiger partial charge in [-0.05, 0) is 35.6 Å². The molecule has 1 aromatic carbocycles. The van der Waals surface area contributed by atoms with Crippen molar-refractivity contribution in [3.05, 3.63) is 71.6 Å². The summed E-state index contributed by atoms with van der Waals surface area (Å²) in [6, 6.07) is 9.19. The Morgan fingerprint density at radius 2 is 1.94 bits per heavy atom. The van der Waals surface area contributed by atoms with Crippen LogP contribution in [0.3, 0.4) is 0 Å². The van der Waals surface area contributed by atoms with Crippen molar-refractivity contribution in [3.8, 4) is 11.4 Å². The van der Waals surface area contributed by atoms with Crippen LogP contribution in [0, 0.1) is 0 Å². The van der Waals surface area contributed by atoms with Crippen LogP contribution < -0.4 is 10.6 Å². The fourth-order valence-corrected chi connectivity index (χ4v) is 3.76. The van der Waals surface area contributed by atoms with Gasteiger partial charge < -0.3 is 15.7 Å². The maximum atomic E-state index is 9.45. The number of phenols is 1. The molecule has 5 aromatic rings. The summed E-state index contributed by atoms with van der Waals surface area (Å²) in [5.74, 6) is 1.84. The number of nitrogens with one attached hydrogen (secondary N) is 2. The first kappa shape index (κ1) is 18.9. The van der Waals surface area contributed by atoms with Crippen molar-refractivity contribution in [2.24, 2.45) is 0 Å². The third-order valence-corrected chi connectivity index (χ3v) is 5.30. The van der Waals surface area contributed by atoms with Gasteiger partial charge in [0, 0.05) is 24.3 Å². The molecule has 0 atom stereocenters. The van der Waals surface area contributed by atoms with Crippen molar-refractivity contribution in [1.29, 1.82) is 0 Å². The molecular weight excluding hydrogens is 412 g/mol. The van der Waals surface area contributed by atoms with Crippen LogP contribution >= 0.6 is 11.3 Å². The molecule has 3 N–H and O–H groups in total. The lowest BCUT2D eigenvalue weighted by Gasteiger charge is -2.10. The summed E-state index contributed by atoms with van der Waals surface area (Å²) in [6.45, 7) is 0.646. The predicted octanol–water partition coefficient (Wildman–Crippen LogP) is 3.77. The number of aromatic nitrogens is 6. The van der Waals surface area contributed by atoms with Crippen LogP contribution in [0.15, 0.2) is 66.0 Å². The molecule has 0 fully saturated rings. The molecule has 4 heterocycles. The van der Waals surface area contributed by atoms with Crippen LogP contribution in [0.5, 0.6) is 5.75 Å². The monoisotopic (exact) mass is 430 g/mol. The Morgan fingerprint density at radius 3 is 2.71 bits per heavy atom. The number of aromatic hydroxyl groups is 1. The summed E-state index contributed by atoms with van der Waals surface area (Å²) in [5.41, 5.74) is 3.47. The molecule has 10 heteroatoms. The molecule has 4 aromatic heterocycles. The molecule has 9 nitrogen and oxygen atoms in total. The summed E-state index contributed by atoms with van der Waals surface area (Å²) < 4.78 is 1.93. The first-order chi connectivity index (χ1) is 15.3. The number of hydrogen-bond acceptors (Lipinski definition) is 9. The van der Waals surface area contributed by atoms with Crippen molar-refractivity contribution in [1.82, 2.24) is 29.5 Å². The molecule has 31 heavy (non-hydrogen) atoms. The van der Waals surface area contributed by atoms with E-state index in [2.05, 4.69) is 35.6 Å². The molecule has 0 aliphatic carbocycles. The van der Waals surface area contributed by atoms with E-state index in [4.69, 9.17) is 0 Å². The Hall–Kier alpha value is -4.05. The molecule has 0 aliphatic rings. The van der Waals surface area contributed by atoms with E-state index in [1.165, 1.54) is 0 Å². The Kier molecular flexibility index (Phi) is 5.11. The normalized spacial score (nSPS) is 11.0. The second-order valence-electron chi connectivity index (χ2n) is 6.72. The number of hydrogen-bond donors (Lipinski definition) is 3. The predicted molar refractivity (Wildman–Crippen MR) is 120 cm³/mol. The van der Waals surface area contributed by atoms with Crippen LogP contribution in [0.1, 0.15) is 5.56 Å². The second kappa shape index (κ2) is 8.36. The lowest BCUT2D eigenvalue weighted by atomic mass is 10.1. The molecular formula is C21H18N8OS. The quantitative estimate of drug-likeness (QED) is 0.358. The molecule has 0 saturated heterocycles. The summed E-state index contributed by atoms with van der Waals surface area (Å²) in [6.07, 6.45) is 7.34. The van der Waals surface area contributed by atoms with Gasteiger partial charge in [-0.15, -0.1) is 0 Å². The number of thiophene rings is 1. The first-order valence-electron chi connectivity index (χ1n) is 9.59. The van der Waals surface area contributed by atoms with Gasteiger partial charge in [-0.25, -0.2) is 9.97 Å². The van der Waals surface area contributed by atoms with Crippen molar-refractivity contribution in [2.45, 2.75) is 6.42 Å². The van der Waals surface area contributed by atoms with Gasteiger partial charge in [-0.1, -0.05) is 12.1 Å². The van der Waals surface area contributed by atoms with Crippen LogP contribution in [-0.2, 0) is 6.42 Å². The van der Waals surface area contributed by atoms with E-state index in [0.29, 0.717) is 35.3 Å². The van der Waals surface area contributed by atoms with Gasteiger partial charge in [0.05, 0.1) is 11.9 Å². The standard InChI is InChI=1S/C21H18N8OS/c30-16-3-1-14(2-4-16)5-7-24-19-18-20(29(13-25-18)15-6-10-31-12-15)28-21(27-19)26-17-11-22-8-9-23-17/h1-4,6,8-13,30H,5,7H2,(H2,23,24,26,27,28). The average molecular weight is 430 g/mol. The molecule has 0 saturated carbocycles. The number of phenolic OH excluding ortho intramolecular Hbond substituents is 1. The van der Waals surface area contributed by atoms with Crippen LogP contribution in [0.25, 0.3) is 16.9 Å². The van der Waals surface area contributed by atoms with E-state index in [-0.39, 0.29) is 5.75 Å². The molecule has 154 valence electrons. The van der Waals surface area contributed by atoms with E-state index in [0.717, 1.165) is 17.7 Å². The average Bonchev–Trinajstić information content (AvgIpc) is 3.46. The molecule has 0 radical (unpaired) electrons. The van der Waals surface area contributed by atoms with Crippen molar-refractivity contribution >= 4 is 40.1 Å². The zero-order chi connectivity index (χ0) is 21.0. The van der Waals surface area contributed by atoms with E-state index >= 15 is 0 Å². The van der Waals surface area contributed by atoms with Gasteiger partial charge in [0.15, 0.2) is 22.8 Å². The minimum Gasteiger partial charge on any atom is -0.508 e. The lowest BCUT2D eigenvalue weighted by Crippen LogP contribution is -2.09. The Bertz CT molecular complexity index is 1290. The highest BCUT2D eigenvalue weighted by atomic mass is 32.1. The maximum Gasteiger partial charge on any atom is 0.232 e. The van der Waals surface area contributed by atoms with Crippen LogP contribution in [0.2, 0.25) is 0 Å². The molecule has 0 unspecified atom stereocenters. The Labute approximate surface area is 181 Å². The minimum atomic E-state index is 0.257. The number of anilines is 3. The highest BCUT2D eigenvalue weighted by molar-refractivity contribution is 7.08. The molecule has 5 rings (SSSR count). The van der Waals surface area contributed by atoms with Gasteiger partial charge in [-0.2, -0.15) is 21.3 Å². The zero-order valence-electron chi connectivity index (χ0n) is 16.3. The lowest BCUT2D eigenvalue weighted by molar-refractivity contribution is 0.475. The number of benzene rings is 1. The largest absolute Gasteiger partial charge is 0.508 e. The van der Waals surface area contributed by atoms with Gasteiger partial charge in [0.1, 0.15) is 12.1 Å². The summed E-state index contributed by atoms with van der Waals surface area (Å²) >= 11 is 1.61. The van der Waals surface area contributed by atoms with Crippen LogP contribution in [-0.4, -0.2) is 41.1 Å². The van der Waals surface area contributed by atoms with Gasteiger partial charge >= 0.3 is 0 Å². The fourth-order valence-electron chi connectivity index (χ4n) is 3.13. The second-order valence-corrected chi connectivity index (χ2v) is 7.50. The van der Waals surface area contributed by atoms with Gasteiger partial charge in [0.2, 0.25) is 5.95 Å². The number of fused-ring (bicyclic) bond motifs is 1. The fraction of sp³-hybridized carbons (Fsp3) is 0.0952. The third kappa shape index (κ3) is 4.14. The van der Waals surface area contributed by atoms with Crippen molar-refractivity contribution in [3.63, 3.8) is 0 Å². The molecule has 0 aliphatic heterocycles. The summed E-state index contributed by atoms with van der Waals surface area (Å²) in [7, 11) is 0. The highest BCUT2D eigenvalue weighted by Gasteiger charge is 2.15. The van der Waals surface area contributed by atoms with Crippen molar-refractivity contribution < 1.29 is 5.11 Å². The molecule has 0 spiro atoms.